The van der Waals surface area contributed by atoms with Crippen molar-refractivity contribution in [3.8, 4) is 0 Å². The molecule has 0 aliphatic carbocycles. The predicted octanol–water partition coefficient (Wildman–Crippen LogP) is -0.0574. The maximum atomic E-state index is 10.9. The van der Waals surface area contributed by atoms with Gasteiger partial charge in [-0.05, 0) is 12.8 Å². The molecule has 0 unspecified atom stereocenters. The van der Waals surface area contributed by atoms with Gasteiger partial charge in [-0.1, -0.05) is 13.8 Å². The van der Waals surface area contributed by atoms with Gasteiger partial charge in [0, 0.05) is 0 Å². The molecule has 0 aromatic carbocycles. The molecule has 0 rings (SSSR count). The molecule has 0 aliphatic rings. The van der Waals surface area contributed by atoms with Gasteiger partial charge in [-0.25, -0.2) is 13.1 Å². The molecule has 0 fully saturated rings. The molecule has 0 heterocycles. The first kappa shape index (κ1) is 11.9. The smallest absolute Gasteiger partial charge is 0.209 e. The summed E-state index contributed by atoms with van der Waals surface area (Å²) in [6, 6.07) is 0. The Morgan fingerprint density at radius 3 is 2.00 bits per heavy atom. The molecular weight excluding hydrogens is 178 g/mol. The highest BCUT2D eigenvalue weighted by atomic mass is 32.2. The summed E-state index contributed by atoms with van der Waals surface area (Å²) in [5.74, 6) is 0.0530. The molecule has 0 aromatic heterocycles. The fraction of sp³-hybridized carbons (Fsp3) is 1.00. The van der Waals surface area contributed by atoms with Crippen molar-refractivity contribution in [1.29, 1.82) is 0 Å². The van der Waals surface area contributed by atoms with E-state index in [1.807, 2.05) is 13.8 Å². The molecule has 4 nitrogen and oxygen atoms in total. The Morgan fingerprint density at radius 1 is 1.50 bits per heavy atom. The first-order chi connectivity index (χ1) is 5.21. The van der Waals surface area contributed by atoms with E-state index in [0.29, 0.717) is 0 Å². The maximum Gasteiger partial charge on any atom is 0.209 e. The zero-order chi connectivity index (χ0) is 9.99. The molecular formula is C7H17NO3S. The number of aliphatic hydroxyl groups is 1. The van der Waals surface area contributed by atoms with E-state index in [9.17, 15) is 8.42 Å². The van der Waals surface area contributed by atoms with Gasteiger partial charge in [0.25, 0.3) is 0 Å². The maximum absolute atomic E-state index is 10.9. The standard InChI is InChI=1S/C7H17NO3S/c1-6(2)7(3,5-9)8-12(4,10)11/h6,8-9H,5H2,1-4H3/t7-/m1/s1. The highest BCUT2D eigenvalue weighted by Crippen LogP contribution is 2.16. The second-order valence-electron chi connectivity index (χ2n) is 3.60. The lowest BCUT2D eigenvalue weighted by atomic mass is 9.91. The van der Waals surface area contributed by atoms with Crippen molar-refractivity contribution in [3.05, 3.63) is 0 Å². The summed E-state index contributed by atoms with van der Waals surface area (Å²) >= 11 is 0. The van der Waals surface area contributed by atoms with E-state index in [-0.39, 0.29) is 12.5 Å². The molecule has 0 saturated carbocycles. The number of sulfonamides is 1. The van der Waals surface area contributed by atoms with Crippen LogP contribution in [0.5, 0.6) is 0 Å². The van der Waals surface area contributed by atoms with Gasteiger partial charge in [0.15, 0.2) is 0 Å². The lowest BCUT2D eigenvalue weighted by Gasteiger charge is -2.31. The van der Waals surface area contributed by atoms with Crippen LogP contribution >= 0.6 is 0 Å². The SMILES string of the molecule is CC(C)[C@@](C)(CO)NS(C)(=O)=O. The Balaban J connectivity index is 4.57. The minimum absolute atomic E-state index is 0.0530. The number of nitrogens with one attached hydrogen (secondary N) is 1. The van der Waals surface area contributed by atoms with Gasteiger partial charge >= 0.3 is 0 Å². The highest BCUT2D eigenvalue weighted by Gasteiger charge is 2.30. The average molecular weight is 195 g/mol. The molecule has 0 saturated heterocycles. The third-order valence-electron chi connectivity index (χ3n) is 2.02. The van der Waals surface area contributed by atoms with Gasteiger partial charge in [-0.2, -0.15) is 0 Å². The molecule has 0 bridgehead atoms. The molecule has 0 aliphatic heterocycles. The fourth-order valence-electron chi connectivity index (χ4n) is 0.756. The predicted molar refractivity (Wildman–Crippen MR) is 48.3 cm³/mol. The minimum Gasteiger partial charge on any atom is -0.394 e. The van der Waals surface area contributed by atoms with Crippen LogP contribution in [0.1, 0.15) is 20.8 Å². The van der Waals surface area contributed by atoms with E-state index in [4.69, 9.17) is 5.11 Å². The molecule has 2 N–H and O–H groups in total. The Kier molecular flexibility index (Phi) is 3.68. The Hall–Kier alpha value is -0.130. The lowest BCUT2D eigenvalue weighted by molar-refractivity contribution is 0.155. The summed E-state index contributed by atoms with van der Waals surface area (Å²) in [4.78, 5) is 0. The van der Waals surface area contributed by atoms with Crippen LogP contribution in [0.2, 0.25) is 0 Å². The summed E-state index contributed by atoms with van der Waals surface area (Å²) in [5.41, 5.74) is -0.756. The Morgan fingerprint density at radius 2 is 1.92 bits per heavy atom. The Labute approximate surface area is 74.0 Å². The summed E-state index contributed by atoms with van der Waals surface area (Å²) in [7, 11) is -3.25. The first-order valence-corrected chi connectivity index (χ1v) is 5.70. The summed E-state index contributed by atoms with van der Waals surface area (Å²) in [6.07, 6.45) is 1.09. The lowest BCUT2D eigenvalue weighted by Crippen LogP contribution is -2.52. The molecule has 0 radical (unpaired) electrons. The molecule has 12 heavy (non-hydrogen) atoms. The molecule has 5 heteroatoms. The van der Waals surface area contributed by atoms with E-state index >= 15 is 0 Å². The quantitative estimate of drug-likeness (QED) is 0.660. The zero-order valence-electron chi connectivity index (χ0n) is 7.96. The van der Waals surface area contributed by atoms with Crippen LogP contribution in [0.15, 0.2) is 0 Å². The van der Waals surface area contributed by atoms with Crippen molar-refractivity contribution in [2.75, 3.05) is 12.9 Å². The summed E-state index contributed by atoms with van der Waals surface area (Å²) in [5, 5.41) is 8.99. The average Bonchev–Trinajstić information content (AvgIpc) is 1.83. The second-order valence-corrected chi connectivity index (χ2v) is 5.35. The van der Waals surface area contributed by atoms with Gasteiger partial charge in [0.2, 0.25) is 10.0 Å². The van der Waals surface area contributed by atoms with Crippen LogP contribution in [-0.2, 0) is 10.0 Å². The van der Waals surface area contributed by atoms with Gasteiger partial charge < -0.3 is 5.11 Å². The van der Waals surface area contributed by atoms with Crippen molar-refractivity contribution < 1.29 is 13.5 Å². The van der Waals surface area contributed by atoms with Gasteiger partial charge in [0.1, 0.15) is 0 Å². The number of aliphatic hydroxyl groups excluding tert-OH is 1. The number of hydrogen-bond acceptors (Lipinski definition) is 3. The Bertz CT molecular complexity index is 235. The van der Waals surface area contributed by atoms with E-state index in [1.54, 1.807) is 6.92 Å². The first-order valence-electron chi connectivity index (χ1n) is 3.81. The van der Waals surface area contributed by atoms with Crippen LogP contribution in [0.25, 0.3) is 0 Å². The van der Waals surface area contributed by atoms with Crippen LogP contribution in [-0.4, -0.2) is 31.9 Å². The number of hydrogen-bond donors (Lipinski definition) is 2. The van der Waals surface area contributed by atoms with Gasteiger partial charge in [0.05, 0.1) is 18.4 Å². The van der Waals surface area contributed by atoms with Crippen molar-refractivity contribution in [2.45, 2.75) is 26.3 Å². The van der Waals surface area contributed by atoms with Crippen molar-refractivity contribution in [1.82, 2.24) is 4.72 Å². The van der Waals surface area contributed by atoms with E-state index in [2.05, 4.69) is 4.72 Å². The van der Waals surface area contributed by atoms with Crippen molar-refractivity contribution in [2.24, 2.45) is 5.92 Å². The zero-order valence-corrected chi connectivity index (χ0v) is 8.77. The third-order valence-corrected chi connectivity index (χ3v) is 2.86. The molecule has 0 spiro atoms. The third kappa shape index (κ3) is 3.51. The molecule has 0 aromatic rings. The topological polar surface area (TPSA) is 66.4 Å². The van der Waals surface area contributed by atoms with Crippen LogP contribution in [0.3, 0.4) is 0 Å². The van der Waals surface area contributed by atoms with Crippen molar-refractivity contribution in [3.63, 3.8) is 0 Å². The van der Waals surface area contributed by atoms with E-state index in [0.717, 1.165) is 6.26 Å². The van der Waals surface area contributed by atoms with Crippen LogP contribution in [0.4, 0.5) is 0 Å². The molecule has 0 amide bonds. The fourth-order valence-corrected chi connectivity index (χ4v) is 1.90. The van der Waals surface area contributed by atoms with E-state index < -0.39 is 15.6 Å². The second kappa shape index (κ2) is 3.72. The van der Waals surface area contributed by atoms with E-state index in [1.165, 1.54) is 0 Å². The molecule has 74 valence electrons. The number of rotatable bonds is 4. The van der Waals surface area contributed by atoms with Crippen molar-refractivity contribution >= 4 is 10.0 Å². The summed E-state index contributed by atoms with van der Waals surface area (Å²) in [6.45, 7) is 5.19. The summed E-state index contributed by atoms with van der Waals surface area (Å²) < 4.78 is 24.2. The van der Waals surface area contributed by atoms with Gasteiger partial charge in [-0.15, -0.1) is 0 Å². The molecule has 1 atom stereocenters. The normalized spacial score (nSPS) is 17.8. The van der Waals surface area contributed by atoms with Crippen LogP contribution < -0.4 is 4.72 Å². The van der Waals surface area contributed by atoms with Crippen LogP contribution in [0, 0.1) is 5.92 Å². The minimum atomic E-state index is -3.25. The monoisotopic (exact) mass is 195 g/mol. The largest absolute Gasteiger partial charge is 0.394 e. The van der Waals surface area contributed by atoms with Gasteiger partial charge in [-0.3, -0.25) is 0 Å². The highest BCUT2D eigenvalue weighted by molar-refractivity contribution is 7.88.